The summed E-state index contributed by atoms with van der Waals surface area (Å²) in [5.41, 5.74) is -1.20. The van der Waals surface area contributed by atoms with Crippen LogP contribution in [0, 0.1) is 5.41 Å². The summed E-state index contributed by atoms with van der Waals surface area (Å²) in [6.45, 7) is 15.7. The molecule has 198 valence electrons. The molecular formula is C24H40N2O8Si. The molecule has 3 N–H and O–H groups in total. The van der Waals surface area contributed by atoms with Gasteiger partial charge in [0, 0.05) is 12.5 Å². The van der Waals surface area contributed by atoms with Crippen LogP contribution >= 0.6 is 0 Å². The molecule has 1 amide bonds. The minimum atomic E-state index is -2.40. The fourth-order valence-electron chi connectivity index (χ4n) is 3.36. The van der Waals surface area contributed by atoms with Gasteiger partial charge in [0.05, 0.1) is 12.0 Å². The monoisotopic (exact) mass is 512 g/mol. The molecule has 0 saturated carbocycles. The smallest absolute Gasteiger partial charge is 0.312 e. The predicted molar refractivity (Wildman–Crippen MR) is 133 cm³/mol. The maximum Gasteiger partial charge on any atom is 0.312 e. The summed E-state index contributed by atoms with van der Waals surface area (Å²) in [4.78, 5) is 37.6. The highest BCUT2D eigenvalue weighted by atomic mass is 28.4. The van der Waals surface area contributed by atoms with E-state index in [0.29, 0.717) is 0 Å². The molecule has 1 fully saturated rings. The normalized spacial score (nSPS) is 23.3. The molecule has 11 heteroatoms. The maximum atomic E-state index is 13.6. The van der Waals surface area contributed by atoms with Crippen LogP contribution in [0.3, 0.4) is 0 Å². The van der Waals surface area contributed by atoms with Crippen LogP contribution in [-0.2, 0) is 30.2 Å². The topological polar surface area (TPSA) is 136 Å². The molecule has 1 aromatic rings. The molecule has 0 aromatic carbocycles. The molecule has 10 nitrogen and oxygen atoms in total. The zero-order valence-corrected chi connectivity index (χ0v) is 23.2. The molecule has 2 heterocycles. The number of aliphatic hydroxyl groups excluding tert-OH is 2. The lowest BCUT2D eigenvalue weighted by atomic mass is 9.98. The van der Waals surface area contributed by atoms with Gasteiger partial charge < -0.3 is 29.4 Å². The molecule has 0 spiro atoms. The van der Waals surface area contributed by atoms with Gasteiger partial charge in [0.2, 0.25) is 5.91 Å². The Morgan fingerprint density at radius 2 is 1.77 bits per heavy atom. The van der Waals surface area contributed by atoms with Gasteiger partial charge in [0.15, 0.2) is 15.0 Å². The van der Waals surface area contributed by atoms with Crippen molar-refractivity contribution in [2.45, 2.75) is 97.7 Å². The summed E-state index contributed by atoms with van der Waals surface area (Å²) in [5.74, 6) is -0.775. The number of ether oxygens (including phenoxy) is 2. The van der Waals surface area contributed by atoms with E-state index in [0.717, 1.165) is 4.57 Å². The molecule has 1 aromatic heterocycles. The highest BCUT2D eigenvalue weighted by molar-refractivity contribution is 6.74. The Morgan fingerprint density at radius 1 is 1.17 bits per heavy atom. The van der Waals surface area contributed by atoms with Crippen molar-refractivity contribution in [1.82, 2.24) is 4.57 Å². The minimum Gasteiger partial charge on any atom is -0.443 e. The average molecular weight is 513 g/mol. The van der Waals surface area contributed by atoms with Gasteiger partial charge in [-0.3, -0.25) is 19.0 Å². The zero-order valence-electron chi connectivity index (χ0n) is 22.2. The van der Waals surface area contributed by atoms with Crippen molar-refractivity contribution in [3.05, 3.63) is 28.0 Å². The highest BCUT2D eigenvalue weighted by Crippen LogP contribution is 2.42. The molecular weight excluding hydrogens is 472 g/mol. The van der Waals surface area contributed by atoms with Crippen LogP contribution in [0.5, 0.6) is 0 Å². The fourth-order valence-corrected chi connectivity index (χ4v) is 4.65. The quantitative estimate of drug-likeness (QED) is 0.375. The van der Waals surface area contributed by atoms with Crippen molar-refractivity contribution < 1.29 is 33.7 Å². The van der Waals surface area contributed by atoms with E-state index >= 15 is 0 Å². The van der Waals surface area contributed by atoms with Gasteiger partial charge in [0.1, 0.15) is 30.2 Å². The molecule has 0 aliphatic carbocycles. The fraction of sp³-hybridized carbons (Fsp3) is 0.708. The Morgan fingerprint density at radius 3 is 2.26 bits per heavy atom. The summed E-state index contributed by atoms with van der Waals surface area (Å²) in [6.07, 6.45) is -3.95. The Kier molecular flexibility index (Phi) is 8.76. The second kappa shape index (κ2) is 10.5. The van der Waals surface area contributed by atoms with Crippen LogP contribution in [0.1, 0.15) is 60.1 Å². The number of aromatic nitrogens is 1. The number of esters is 1. The summed E-state index contributed by atoms with van der Waals surface area (Å²) in [5, 5.41) is 23.0. The first-order valence-electron chi connectivity index (χ1n) is 11.7. The maximum absolute atomic E-state index is 13.6. The summed E-state index contributed by atoms with van der Waals surface area (Å²) >= 11 is 0. The Labute approximate surface area is 207 Å². The second-order valence-electron chi connectivity index (χ2n) is 11.5. The van der Waals surface area contributed by atoms with Crippen LogP contribution in [0.15, 0.2) is 16.9 Å². The highest BCUT2D eigenvalue weighted by Gasteiger charge is 2.50. The van der Waals surface area contributed by atoms with Crippen molar-refractivity contribution in [2.75, 3.05) is 11.9 Å². The van der Waals surface area contributed by atoms with E-state index in [4.69, 9.17) is 13.9 Å². The minimum absolute atomic E-state index is 0.145. The molecule has 1 aliphatic heterocycles. The van der Waals surface area contributed by atoms with Gasteiger partial charge >= 0.3 is 5.97 Å². The Hall–Kier alpha value is -2.05. The first kappa shape index (κ1) is 29.2. The number of aliphatic hydroxyl groups is 2. The number of anilines is 1. The number of carbonyl (C=O) groups excluding carboxylic acids is 2. The lowest BCUT2D eigenvalue weighted by Gasteiger charge is -2.40. The molecule has 2 rings (SSSR count). The first-order chi connectivity index (χ1) is 15.9. The average Bonchev–Trinajstić information content (AvgIpc) is 3.00. The number of nitrogens with one attached hydrogen (secondary N) is 1. The summed E-state index contributed by atoms with van der Waals surface area (Å²) in [6, 6.07) is 3.00. The molecule has 35 heavy (non-hydrogen) atoms. The molecule has 1 aliphatic rings. The van der Waals surface area contributed by atoms with Crippen LogP contribution in [-0.4, -0.2) is 59.9 Å². The van der Waals surface area contributed by atoms with E-state index < -0.39 is 68.9 Å². The van der Waals surface area contributed by atoms with E-state index in [2.05, 4.69) is 26.1 Å². The third kappa shape index (κ3) is 6.59. The molecule has 4 atom stereocenters. The van der Waals surface area contributed by atoms with Crippen LogP contribution in [0.2, 0.25) is 18.1 Å². The van der Waals surface area contributed by atoms with Gasteiger partial charge in [-0.1, -0.05) is 20.8 Å². The van der Waals surface area contributed by atoms with Crippen LogP contribution in [0.25, 0.3) is 0 Å². The lowest BCUT2D eigenvalue weighted by molar-refractivity contribution is -0.157. The molecule has 1 saturated heterocycles. The summed E-state index contributed by atoms with van der Waals surface area (Å²) in [7, 11) is -2.40. The molecule has 0 unspecified atom stereocenters. The first-order valence-corrected chi connectivity index (χ1v) is 14.6. The Balaban J connectivity index is 2.54. The van der Waals surface area contributed by atoms with Gasteiger partial charge in [-0.2, -0.15) is 0 Å². The van der Waals surface area contributed by atoms with Gasteiger partial charge in [-0.25, -0.2) is 0 Å². The van der Waals surface area contributed by atoms with Crippen molar-refractivity contribution in [3.8, 4) is 0 Å². The van der Waals surface area contributed by atoms with Gasteiger partial charge in [0.25, 0.3) is 5.56 Å². The van der Waals surface area contributed by atoms with Gasteiger partial charge in [-0.05, 0) is 51.0 Å². The number of carbonyl (C=O) groups is 2. The largest absolute Gasteiger partial charge is 0.443 e. The SMILES string of the molecule is CC(=O)Nc1ccc([C@@H]2O[C@H](CO)[C@@H](O)[C@H]2O[Si](C)(C)C(C)(C)C)c(=O)n1COC(=O)C(C)(C)C. The third-order valence-electron chi connectivity index (χ3n) is 6.51. The number of pyridine rings is 1. The van der Waals surface area contributed by atoms with Crippen LogP contribution < -0.4 is 10.9 Å². The number of hydrogen-bond donors (Lipinski definition) is 3. The van der Waals surface area contributed by atoms with E-state index in [9.17, 15) is 24.6 Å². The van der Waals surface area contributed by atoms with E-state index in [1.54, 1.807) is 20.8 Å². The summed E-state index contributed by atoms with van der Waals surface area (Å²) < 4.78 is 18.8. The standard InChI is InChI=1S/C24H40N2O8Si/c1-14(28)25-17-11-10-15(21(30)26(17)13-32-22(31)23(2,3)4)19-20(18(29)16(12-27)33-19)34-35(8,9)24(5,6)7/h10-11,16,18-20,27,29H,12-13H2,1-9H3,(H,25,28)/t16-,18-,19+,20-/m1/s1. The zero-order chi connectivity index (χ0) is 26.9. The van der Waals surface area contributed by atoms with E-state index in [1.807, 2.05) is 13.1 Å². The van der Waals surface area contributed by atoms with Crippen molar-refractivity contribution in [1.29, 1.82) is 0 Å². The lowest BCUT2D eigenvalue weighted by Crippen LogP contribution is -2.48. The number of rotatable bonds is 7. The molecule has 0 bridgehead atoms. The van der Waals surface area contributed by atoms with Crippen LogP contribution in [0.4, 0.5) is 5.82 Å². The predicted octanol–water partition coefficient (Wildman–Crippen LogP) is 2.54. The van der Waals surface area contributed by atoms with E-state index in [1.165, 1.54) is 19.1 Å². The third-order valence-corrected chi connectivity index (χ3v) is 11.0. The van der Waals surface area contributed by atoms with Gasteiger partial charge in [-0.15, -0.1) is 0 Å². The van der Waals surface area contributed by atoms with E-state index in [-0.39, 0.29) is 16.4 Å². The van der Waals surface area contributed by atoms with Crippen molar-refractivity contribution >= 4 is 26.0 Å². The number of amides is 1. The van der Waals surface area contributed by atoms with Crippen molar-refractivity contribution in [3.63, 3.8) is 0 Å². The van der Waals surface area contributed by atoms with Crippen molar-refractivity contribution in [2.24, 2.45) is 5.41 Å². The molecule has 0 radical (unpaired) electrons. The Bertz CT molecular complexity index is 993. The second-order valence-corrected chi connectivity index (χ2v) is 16.3. The number of hydrogen-bond acceptors (Lipinski definition) is 8. The number of nitrogens with zero attached hydrogens (tertiary/aromatic N) is 1.